The quantitative estimate of drug-likeness (QED) is 0.772. The third kappa shape index (κ3) is 3.38. The molecule has 0 aromatic heterocycles. The molecule has 1 aliphatic heterocycles. The van der Waals surface area contributed by atoms with Gasteiger partial charge < -0.3 is 14.2 Å². The molecule has 0 radical (unpaired) electrons. The predicted molar refractivity (Wildman–Crippen MR) is 87.5 cm³/mol. The van der Waals surface area contributed by atoms with E-state index in [-0.39, 0.29) is 18.5 Å². The van der Waals surface area contributed by atoms with Gasteiger partial charge in [0.05, 0.1) is 7.11 Å². The lowest BCUT2D eigenvalue weighted by atomic mass is 10.0. The van der Waals surface area contributed by atoms with Crippen molar-refractivity contribution in [1.29, 1.82) is 0 Å². The third-order valence-corrected chi connectivity index (χ3v) is 4.25. The summed E-state index contributed by atoms with van der Waals surface area (Å²) in [6, 6.07) is 10.6. The highest BCUT2D eigenvalue weighted by Gasteiger charge is 2.31. The van der Waals surface area contributed by atoms with Crippen LogP contribution in [-0.2, 0) is 16.1 Å². The molecular formula is C17H14Cl2O4. The molecule has 0 N–H and O–H groups in total. The van der Waals surface area contributed by atoms with Crippen LogP contribution in [0.5, 0.6) is 11.5 Å². The van der Waals surface area contributed by atoms with Crippen LogP contribution in [-0.4, -0.2) is 19.7 Å². The molecule has 1 atom stereocenters. The molecule has 2 aromatic rings. The topological polar surface area (TPSA) is 44.8 Å². The molecule has 23 heavy (non-hydrogen) atoms. The second-order valence-corrected chi connectivity index (χ2v) is 5.95. The Balaban J connectivity index is 1.72. The molecule has 0 saturated carbocycles. The Morgan fingerprint density at radius 2 is 2.09 bits per heavy atom. The fourth-order valence-corrected chi connectivity index (χ4v) is 2.88. The lowest BCUT2D eigenvalue weighted by Gasteiger charge is -2.10. The molecule has 120 valence electrons. The average molecular weight is 353 g/mol. The monoisotopic (exact) mass is 352 g/mol. The van der Waals surface area contributed by atoms with E-state index >= 15 is 0 Å². The van der Waals surface area contributed by atoms with Gasteiger partial charge in [-0.3, -0.25) is 4.79 Å². The zero-order valence-corrected chi connectivity index (χ0v) is 13.9. The van der Waals surface area contributed by atoms with Crippen LogP contribution in [0, 0.1) is 0 Å². The highest BCUT2D eigenvalue weighted by Crippen LogP contribution is 2.37. The van der Waals surface area contributed by atoms with Crippen LogP contribution in [0.15, 0.2) is 36.4 Å². The van der Waals surface area contributed by atoms with Crippen molar-refractivity contribution in [3.63, 3.8) is 0 Å². The van der Waals surface area contributed by atoms with Crippen molar-refractivity contribution in [2.75, 3.05) is 13.7 Å². The second-order valence-electron chi connectivity index (χ2n) is 5.11. The van der Waals surface area contributed by atoms with Crippen LogP contribution in [0.2, 0.25) is 10.0 Å². The first kappa shape index (κ1) is 16.0. The minimum absolute atomic E-state index is 0.286. The first-order chi connectivity index (χ1) is 11.1. The van der Waals surface area contributed by atoms with Crippen LogP contribution >= 0.6 is 23.2 Å². The van der Waals surface area contributed by atoms with Crippen LogP contribution in [0.25, 0.3) is 0 Å². The molecule has 0 spiro atoms. The van der Waals surface area contributed by atoms with E-state index in [0.717, 1.165) is 11.1 Å². The van der Waals surface area contributed by atoms with E-state index in [1.807, 2.05) is 12.1 Å². The van der Waals surface area contributed by atoms with Crippen LogP contribution in [0.4, 0.5) is 0 Å². The van der Waals surface area contributed by atoms with Crippen molar-refractivity contribution in [3.05, 3.63) is 57.6 Å². The Hall–Kier alpha value is -1.91. The van der Waals surface area contributed by atoms with Gasteiger partial charge in [-0.2, -0.15) is 0 Å². The van der Waals surface area contributed by atoms with Gasteiger partial charge in [0.1, 0.15) is 30.6 Å². The molecule has 0 fully saturated rings. The number of esters is 1. The zero-order valence-electron chi connectivity index (χ0n) is 12.3. The molecule has 0 saturated heterocycles. The smallest absolute Gasteiger partial charge is 0.316 e. The van der Waals surface area contributed by atoms with Crippen molar-refractivity contribution >= 4 is 29.2 Å². The van der Waals surface area contributed by atoms with Crippen molar-refractivity contribution in [2.24, 2.45) is 0 Å². The van der Waals surface area contributed by atoms with Crippen molar-refractivity contribution in [1.82, 2.24) is 0 Å². The van der Waals surface area contributed by atoms with Gasteiger partial charge in [-0.25, -0.2) is 0 Å². The number of hydrogen-bond donors (Lipinski definition) is 0. The Morgan fingerprint density at radius 1 is 1.26 bits per heavy atom. The number of hydrogen-bond acceptors (Lipinski definition) is 4. The molecule has 1 unspecified atom stereocenters. The molecule has 3 rings (SSSR count). The normalized spacial score (nSPS) is 15.7. The lowest BCUT2D eigenvalue weighted by Crippen LogP contribution is -2.15. The van der Waals surface area contributed by atoms with E-state index in [4.69, 9.17) is 37.4 Å². The van der Waals surface area contributed by atoms with Crippen molar-refractivity contribution in [2.45, 2.75) is 12.5 Å². The van der Waals surface area contributed by atoms with Crippen LogP contribution in [0.1, 0.15) is 17.0 Å². The molecular weight excluding hydrogens is 339 g/mol. The molecule has 4 nitrogen and oxygen atoms in total. The lowest BCUT2D eigenvalue weighted by molar-refractivity contribution is -0.142. The van der Waals surface area contributed by atoms with Gasteiger partial charge in [0, 0.05) is 27.2 Å². The summed E-state index contributed by atoms with van der Waals surface area (Å²) in [5, 5.41) is 1.14. The Morgan fingerprint density at radius 3 is 2.83 bits per heavy atom. The molecule has 0 aliphatic carbocycles. The maximum atomic E-state index is 11.7. The van der Waals surface area contributed by atoms with E-state index in [1.165, 1.54) is 7.11 Å². The number of benzene rings is 2. The molecule has 0 amide bonds. The number of halogens is 2. The first-order valence-electron chi connectivity index (χ1n) is 7.00. The van der Waals surface area contributed by atoms with Crippen molar-refractivity contribution in [3.8, 4) is 11.5 Å². The van der Waals surface area contributed by atoms with Gasteiger partial charge >= 0.3 is 5.97 Å². The summed E-state index contributed by atoms with van der Waals surface area (Å²) >= 11 is 12.0. The molecule has 1 aliphatic rings. The Labute approximate surface area is 143 Å². The maximum absolute atomic E-state index is 11.7. The standard InChI is InChI=1S/C17H14Cl2O4/c1-21-17(20)14-9-23-16-7-12(4-5-13(14)16)22-8-10-2-3-11(18)6-15(10)19/h2-7,14H,8-9H2,1H3. The van der Waals surface area contributed by atoms with E-state index in [0.29, 0.717) is 28.2 Å². The van der Waals surface area contributed by atoms with Gasteiger partial charge in [0.15, 0.2) is 0 Å². The number of rotatable bonds is 4. The zero-order chi connectivity index (χ0) is 16.4. The van der Waals surface area contributed by atoms with Gasteiger partial charge in [-0.1, -0.05) is 35.3 Å². The van der Waals surface area contributed by atoms with Gasteiger partial charge in [0.2, 0.25) is 0 Å². The number of carbonyl (C=O) groups is 1. The fourth-order valence-electron chi connectivity index (χ4n) is 2.42. The van der Waals surface area contributed by atoms with Crippen LogP contribution < -0.4 is 9.47 Å². The van der Waals surface area contributed by atoms with Crippen molar-refractivity contribution < 1.29 is 19.0 Å². The molecule has 6 heteroatoms. The summed E-state index contributed by atoms with van der Waals surface area (Å²) in [5.41, 5.74) is 1.65. The predicted octanol–water partition coefficient (Wildman–Crippen LogP) is 4.22. The van der Waals surface area contributed by atoms with E-state index in [2.05, 4.69) is 0 Å². The minimum Gasteiger partial charge on any atom is -0.492 e. The summed E-state index contributed by atoms with van der Waals surface area (Å²) in [5.74, 6) is 0.598. The molecule has 2 aromatic carbocycles. The fraction of sp³-hybridized carbons (Fsp3) is 0.235. The number of fused-ring (bicyclic) bond motifs is 1. The summed E-state index contributed by atoms with van der Waals surface area (Å²) in [6.45, 7) is 0.601. The summed E-state index contributed by atoms with van der Waals surface area (Å²) in [7, 11) is 1.37. The molecule has 1 heterocycles. The maximum Gasteiger partial charge on any atom is 0.316 e. The van der Waals surface area contributed by atoms with Gasteiger partial charge in [-0.05, 0) is 18.2 Å². The highest BCUT2D eigenvalue weighted by molar-refractivity contribution is 6.35. The SMILES string of the molecule is COC(=O)C1COc2cc(OCc3ccc(Cl)cc3Cl)ccc21. The number of ether oxygens (including phenoxy) is 3. The second kappa shape index (κ2) is 6.69. The highest BCUT2D eigenvalue weighted by atomic mass is 35.5. The van der Waals surface area contributed by atoms with Gasteiger partial charge in [0.25, 0.3) is 0 Å². The first-order valence-corrected chi connectivity index (χ1v) is 7.75. The summed E-state index contributed by atoms with van der Waals surface area (Å²) < 4.78 is 16.1. The summed E-state index contributed by atoms with van der Waals surface area (Å²) in [4.78, 5) is 11.7. The van der Waals surface area contributed by atoms with E-state index in [1.54, 1.807) is 24.3 Å². The minimum atomic E-state index is -0.380. The Bertz CT molecular complexity index is 745. The average Bonchev–Trinajstić information content (AvgIpc) is 2.96. The number of carbonyl (C=O) groups excluding carboxylic acids is 1. The van der Waals surface area contributed by atoms with Gasteiger partial charge in [-0.15, -0.1) is 0 Å². The molecule has 0 bridgehead atoms. The largest absolute Gasteiger partial charge is 0.492 e. The Kier molecular flexibility index (Phi) is 4.64. The van der Waals surface area contributed by atoms with E-state index < -0.39 is 0 Å². The van der Waals surface area contributed by atoms with E-state index in [9.17, 15) is 4.79 Å². The summed E-state index contributed by atoms with van der Waals surface area (Å²) in [6.07, 6.45) is 0. The number of methoxy groups -OCH3 is 1. The van der Waals surface area contributed by atoms with Crippen LogP contribution in [0.3, 0.4) is 0 Å². The third-order valence-electron chi connectivity index (χ3n) is 3.66.